The Morgan fingerprint density at radius 3 is 2.71 bits per heavy atom. The van der Waals surface area contributed by atoms with Crippen molar-refractivity contribution in [2.24, 2.45) is 0 Å². The lowest BCUT2D eigenvalue weighted by Gasteiger charge is -2.33. The Hall–Kier alpha value is -1.76. The highest BCUT2D eigenvalue weighted by Gasteiger charge is 2.19. The number of rotatable bonds is 4. The van der Waals surface area contributed by atoms with Crippen molar-refractivity contribution in [3.05, 3.63) is 28.8 Å². The van der Waals surface area contributed by atoms with Crippen LogP contribution in [0, 0.1) is 0 Å². The van der Waals surface area contributed by atoms with E-state index in [4.69, 9.17) is 26.2 Å². The van der Waals surface area contributed by atoms with Gasteiger partial charge in [0, 0.05) is 38.8 Å². The van der Waals surface area contributed by atoms with Gasteiger partial charge in [-0.1, -0.05) is 11.6 Å². The van der Waals surface area contributed by atoms with Crippen LogP contribution in [0.2, 0.25) is 5.02 Å². The first-order valence-electron chi connectivity index (χ1n) is 8.07. The predicted molar refractivity (Wildman–Crippen MR) is 91.6 cm³/mol. The molecule has 24 heavy (non-hydrogen) atoms. The van der Waals surface area contributed by atoms with Gasteiger partial charge in [0.05, 0.1) is 11.6 Å². The number of fused-ring (bicyclic) bond motifs is 1. The molecule has 1 amide bonds. The maximum absolute atomic E-state index is 12.3. The molecule has 0 aliphatic carbocycles. The zero-order valence-corrected chi connectivity index (χ0v) is 14.2. The number of aliphatic hydroxyl groups excluding tert-OH is 1. The fraction of sp³-hybridized carbons (Fsp3) is 0.471. The lowest BCUT2D eigenvalue weighted by molar-refractivity contribution is -0.127. The quantitative estimate of drug-likeness (QED) is 0.827. The van der Waals surface area contributed by atoms with Crippen LogP contribution in [0.1, 0.15) is 5.56 Å². The van der Waals surface area contributed by atoms with E-state index in [1.807, 2.05) is 11.0 Å². The number of β-amino-alcohol motifs (C(OH)–C–C–N with tert-alkyl or cyclic N) is 1. The van der Waals surface area contributed by atoms with E-state index in [0.29, 0.717) is 49.4 Å². The highest BCUT2D eigenvalue weighted by Crippen LogP contribution is 2.38. The summed E-state index contributed by atoms with van der Waals surface area (Å²) in [4.78, 5) is 16.2. The zero-order chi connectivity index (χ0) is 16.9. The second kappa shape index (κ2) is 7.88. The predicted octanol–water partition coefficient (Wildman–Crippen LogP) is 1.26. The molecule has 1 aromatic rings. The number of benzene rings is 1. The van der Waals surface area contributed by atoms with Crippen LogP contribution < -0.4 is 9.47 Å². The van der Waals surface area contributed by atoms with E-state index in [2.05, 4.69) is 4.90 Å². The largest absolute Gasteiger partial charge is 0.486 e. The second-order valence-electron chi connectivity index (χ2n) is 5.75. The smallest absolute Gasteiger partial charge is 0.246 e. The average Bonchev–Trinajstić information content (AvgIpc) is 2.61. The first kappa shape index (κ1) is 17.1. The Morgan fingerprint density at radius 2 is 1.96 bits per heavy atom. The molecule has 0 atom stereocenters. The molecule has 0 aromatic heterocycles. The Labute approximate surface area is 146 Å². The number of carbonyl (C=O) groups excluding carboxylic acids is 1. The van der Waals surface area contributed by atoms with Gasteiger partial charge in [-0.05, 0) is 23.8 Å². The number of amides is 1. The van der Waals surface area contributed by atoms with Gasteiger partial charge >= 0.3 is 0 Å². The highest BCUT2D eigenvalue weighted by atomic mass is 35.5. The molecule has 130 valence electrons. The standard InChI is InChI=1S/C17H21ClN2O4/c18-14-11-13(12-15-17(14)24-10-9-23-15)1-2-16(22)20-5-3-19(4-6-20)7-8-21/h1-2,11-12,21H,3-10H2/b2-1+. The third kappa shape index (κ3) is 4.01. The molecule has 2 heterocycles. The Morgan fingerprint density at radius 1 is 1.21 bits per heavy atom. The van der Waals surface area contributed by atoms with Crippen LogP contribution in [0.5, 0.6) is 11.5 Å². The number of carbonyl (C=O) groups is 1. The lowest BCUT2D eigenvalue weighted by atomic mass is 10.1. The molecule has 0 bridgehead atoms. The molecular weight excluding hydrogens is 332 g/mol. The van der Waals surface area contributed by atoms with Gasteiger partial charge in [0.15, 0.2) is 11.5 Å². The van der Waals surface area contributed by atoms with Gasteiger partial charge in [-0.15, -0.1) is 0 Å². The topological polar surface area (TPSA) is 62.2 Å². The first-order valence-corrected chi connectivity index (χ1v) is 8.44. The Bertz CT molecular complexity index is 627. The number of piperazine rings is 1. The summed E-state index contributed by atoms with van der Waals surface area (Å²) in [6.07, 6.45) is 3.30. The van der Waals surface area contributed by atoms with Gasteiger partial charge in [-0.2, -0.15) is 0 Å². The number of hydrogen-bond acceptors (Lipinski definition) is 5. The van der Waals surface area contributed by atoms with E-state index in [1.54, 1.807) is 18.2 Å². The zero-order valence-electron chi connectivity index (χ0n) is 13.4. The molecule has 2 aliphatic rings. The third-order valence-corrected chi connectivity index (χ3v) is 4.42. The Balaban J connectivity index is 1.61. The van der Waals surface area contributed by atoms with E-state index in [0.717, 1.165) is 18.7 Å². The number of ether oxygens (including phenoxy) is 2. The van der Waals surface area contributed by atoms with Crippen LogP contribution >= 0.6 is 11.6 Å². The van der Waals surface area contributed by atoms with Crippen LogP contribution in [0.25, 0.3) is 6.08 Å². The van der Waals surface area contributed by atoms with Gasteiger partial charge < -0.3 is 19.5 Å². The summed E-state index contributed by atoms with van der Waals surface area (Å²) in [5.41, 5.74) is 0.802. The lowest BCUT2D eigenvalue weighted by Crippen LogP contribution is -2.48. The van der Waals surface area contributed by atoms with Crippen molar-refractivity contribution in [2.45, 2.75) is 0 Å². The molecule has 3 rings (SSSR count). The van der Waals surface area contributed by atoms with Crippen molar-refractivity contribution < 1.29 is 19.4 Å². The van der Waals surface area contributed by atoms with E-state index < -0.39 is 0 Å². The monoisotopic (exact) mass is 352 g/mol. The summed E-state index contributed by atoms with van der Waals surface area (Å²) in [6, 6.07) is 3.58. The molecular formula is C17H21ClN2O4. The minimum Gasteiger partial charge on any atom is -0.486 e. The van der Waals surface area contributed by atoms with Gasteiger partial charge in [-0.3, -0.25) is 9.69 Å². The molecule has 0 radical (unpaired) electrons. The summed E-state index contributed by atoms with van der Waals surface area (Å²) in [7, 11) is 0. The SMILES string of the molecule is O=C(/C=C/c1cc(Cl)c2c(c1)OCCO2)N1CCN(CCO)CC1. The summed E-state index contributed by atoms with van der Waals surface area (Å²) in [5.74, 6) is 1.15. The maximum atomic E-state index is 12.3. The number of aliphatic hydroxyl groups is 1. The number of nitrogens with zero attached hydrogens (tertiary/aromatic N) is 2. The molecule has 0 unspecified atom stereocenters. The molecule has 1 aromatic carbocycles. The molecule has 1 N–H and O–H groups in total. The van der Waals surface area contributed by atoms with Crippen molar-refractivity contribution in [1.29, 1.82) is 0 Å². The molecule has 0 spiro atoms. The van der Waals surface area contributed by atoms with Crippen LogP contribution in [0.4, 0.5) is 0 Å². The van der Waals surface area contributed by atoms with Crippen molar-refractivity contribution in [3.63, 3.8) is 0 Å². The minimum absolute atomic E-state index is 0.0235. The van der Waals surface area contributed by atoms with Crippen molar-refractivity contribution >= 4 is 23.6 Å². The number of halogens is 1. The Kier molecular flexibility index (Phi) is 5.60. The van der Waals surface area contributed by atoms with Gasteiger partial charge in [0.2, 0.25) is 5.91 Å². The van der Waals surface area contributed by atoms with Crippen LogP contribution in [-0.2, 0) is 4.79 Å². The first-order chi connectivity index (χ1) is 11.7. The molecule has 0 saturated carbocycles. The molecule has 7 heteroatoms. The van der Waals surface area contributed by atoms with Gasteiger partial charge in [0.25, 0.3) is 0 Å². The van der Waals surface area contributed by atoms with E-state index >= 15 is 0 Å². The van der Waals surface area contributed by atoms with Crippen molar-refractivity contribution in [1.82, 2.24) is 9.80 Å². The molecule has 2 aliphatic heterocycles. The van der Waals surface area contributed by atoms with Crippen LogP contribution in [0.3, 0.4) is 0 Å². The fourth-order valence-electron chi connectivity index (χ4n) is 2.83. The summed E-state index contributed by atoms with van der Waals surface area (Å²) in [6.45, 7) is 4.71. The van der Waals surface area contributed by atoms with E-state index in [9.17, 15) is 4.79 Å². The van der Waals surface area contributed by atoms with Gasteiger partial charge in [0.1, 0.15) is 13.2 Å². The average molecular weight is 353 g/mol. The van der Waals surface area contributed by atoms with Crippen LogP contribution in [-0.4, -0.2) is 73.4 Å². The summed E-state index contributed by atoms with van der Waals surface area (Å²) in [5, 5.41) is 9.43. The van der Waals surface area contributed by atoms with Crippen molar-refractivity contribution in [3.8, 4) is 11.5 Å². The maximum Gasteiger partial charge on any atom is 0.246 e. The normalized spacial score (nSPS) is 18.2. The number of hydrogen-bond donors (Lipinski definition) is 1. The third-order valence-electron chi connectivity index (χ3n) is 4.14. The van der Waals surface area contributed by atoms with Crippen LogP contribution in [0.15, 0.2) is 18.2 Å². The summed E-state index contributed by atoms with van der Waals surface area (Å²) < 4.78 is 11.0. The second-order valence-corrected chi connectivity index (χ2v) is 6.16. The highest BCUT2D eigenvalue weighted by molar-refractivity contribution is 6.32. The van der Waals surface area contributed by atoms with Crippen molar-refractivity contribution in [2.75, 3.05) is 52.5 Å². The molecule has 1 saturated heterocycles. The van der Waals surface area contributed by atoms with E-state index in [-0.39, 0.29) is 12.5 Å². The molecule has 6 nitrogen and oxygen atoms in total. The van der Waals surface area contributed by atoms with Gasteiger partial charge in [-0.25, -0.2) is 0 Å². The van der Waals surface area contributed by atoms with E-state index in [1.165, 1.54) is 0 Å². The fourth-order valence-corrected chi connectivity index (χ4v) is 3.11. The summed E-state index contributed by atoms with van der Waals surface area (Å²) >= 11 is 6.20. The molecule has 1 fully saturated rings. The minimum atomic E-state index is -0.0235.